The van der Waals surface area contributed by atoms with Gasteiger partial charge in [-0.05, 0) is 31.3 Å². The first kappa shape index (κ1) is 16.4. The summed E-state index contributed by atoms with van der Waals surface area (Å²) in [6.07, 6.45) is 0. The van der Waals surface area contributed by atoms with Crippen LogP contribution in [0.3, 0.4) is 0 Å². The quantitative estimate of drug-likeness (QED) is 0.927. The van der Waals surface area contributed by atoms with Crippen LogP contribution in [0.25, 0.3) is 0 Å². The van der Waals surface area contributed by atoms with Gasteiger partial charge in [0.2, 0.25) is 5.89 Å². The average molecular weight is 329 g/mol. The molecule has 0 unspecified atom stereocenters. The van der Waals surface area contributed by atoms with Crippen molar-refractivity contribution >= 4 is 17.3 Å². The van der Waals surface area contributed by atoms with Gasteiger partial charge in [-0.3, -0.25) is 4.79 Å². The predicted octanol–water partition coefficient (Wildman–Crippen LogP) is 2.20. The molecule has 0 aliphatic carbocycles. The number of hydrogen-bond acceptors (Lipinski definition) is 6. The number of nitrogens with zero attached hydrogens (tertiary/aromatic N) is 4. The van der Waals surface area contributed by atoms with Gasteiger partial charge in [-0.1, -0.05) is 13.8 Å². The van der Waals surface area contributed by atoms with Crippen molar-refractivity contribution in [2.24, 2.45) is 0 Å². The highest BCUT2D eigenvalue weighted by Crippen LogP contribution is 2.20. The number of piperazine rings is 1. The smallest absolute Gasteiger partial charge is 0.313 e. The fourth-order valence-corrected chi connectivity index (χ4v) is 2.56. The number of carbonyl (C=O) groups is 1. The number of likely N-dealkylation sites (N-methyl/N-ethyl adjacent to an activating group) is 1. The third kappa shape index (κ3) is 3.73. The van der Waals surface area contributed by atoms with Crippen LogP contribution in [0, 0.1) is 0 Å². The van der Waals surface area contributed by atoms with E-state index in [1.54, 1.807) is 0 Å². The van der Waals surface area contributed by atoms with Crippen molar-refractivity contribution < 1.29 is 9.21 Å². The molecule has 1 saturated heterocycles. The lowest BCUT2D eigenvalue weighted by Gasteiger charge is -2.34. The Morgan fingerprint density at radius 2 is 1.79 bits per heavy atom. The van der Waals surface area contributed by atoms with Gasteiger partial charge in [0.15, 0.2) is 0 Å². The molecule has 1 aliphatic rings. The molecule has 1 N–H and O–H groups in total. The van der Waals surface area contributed by atoms with Crippen molar-refractivity contribution in [2.75, 3.05) is 43.4 Å². The predicted molar refractivity (Wildman–Crippen MR) is 92.5 cm³/mol. The molecule has 1 aromatic heterocycles. The number of amides is 1. The van der Waals surface area contributed by atoms with Crippen LogP contribution < -0.4 is 10.2 Å². The lowest BCUT2D eigenvalue weighted by atomic mass is 10.2. The molecule has 0 atom stereocenters. The first-order valence-corrected chi connectivity index (χ1v) is 8.21. The van der Waals surface area contributed by atoms with Crippen molar-refractivity contribution in [2.45, 2.75) is 19.8 Å². The normalized spacial score (nSPS) is 15.8. The van der Waals surface area contributed by atoms with E-state index in [1.165, 1.54) is 5.69 Å². The van der Waals surface area contributed by atoms with Crippen LogP contribution in [-0.4, -0.2) is 54.2 Å². The third-order valence-electron chi connectivity index (χ3n) is 4.12. The highest BCUT2D eigenvalue weighted by atomic mass is 16.4. The Bertz CT molecular complexity index is 687. The monoisotopic (exact) mass is 329 g/mol. The van der Waals surface area contributed by atoms with Crippen molar-refractivity contribution in [3.63, 3.8) is 0 Å². The molecule has 7 heteroatoms. The molecule has 3 rings (SSSR count). The Labute approximate surface area is 141 Å². The molecule has 0 saturated carbocycles. The SMILES string of the molecule is CC(C)c1nnc(C(=O)Nc2ccc(N3CCN(C)CC3)cc2)o1. The number of hydrogen-bond donors (Lipinski definition) is 1. The van der Waals surface area contributed by atoms with E-state index < -0.39 is 0 Å². The van der Waals surface area contributed by atoms with E-state index in [0.717, 1.165) is 26.2 Å². The molecule has 2 aromatic rings. The van der Waals surface area contributed by atoms with Crippen LogP contribution in [0.15, 0.2) is 28.7 Å². The second-order valence-corrected chi connectivity index (χ2v) is 6.39. The third-order valence-corrected chi connectivity index (χ3v) is 4.12. The Balaban J connectivity index is 1.62. The summed E-state index contributed by atoms with van der Waals surface area (Å²) < 4.78 is 5.36. The summed E-state index contributed by atoms with van der Waals surface area (Å²) in [6.45, 7) is 8.03. The molecule has 0 bridgehead atoms. The van der Waals surface area contributed by atoms with Crippen LogP contribution in [0.2, 0.25) is 0 Å². The van der Waals surface area contributed by atoms with E-state index in [4.69, 9.17) is 4.42 Å². The van der Waals surface area contributed by atoms with E-state index in [0.29, 0.717) is 11.6 Å². The van der Waals surface area contributed by atoms with Crippen molar-refractivity contribution in [3.8, 4) is 0 Å². The molecule has 0 radical (unpaired) electrons. The first-order chi connectivity index (χ1) is 11.5. The zero-order valence-electron chi connectivity index (χ0n) is 14.3. The van der Waals surface area contributed by atoms with Crippen molar-refractivity contribution in [1.82, 2.24) is 15.1 Å². The topological polar surface area (TPSA) is 74.5 Å². The second-order valence-electron chi connectivity index (χ2n) is 6.39. The van der Waals surface area contributed by atoms with Gasteiger partial charge in [0.05, 0.1) is 0 Å². The van der Waals surface area contributed by atoms with E-state index in [9.17, 15) is 4.79 Å². The maximum atomic E-state index is 12.1. The summed E-state index contributed by atoms with van der Waals surface area (Å²) in [5.74, 6) is 0.163. The summed E-state index contributed by atoms with van der Waals surface area (Å²) in [6, 6.07) is 7.83. The number of benzene rings is 1. The molecular formula is C17H23N5O2. The van der Waals surface area contributed by atoms with Gasteiger partial charge in [0.25, 0.3) is 0 Å². The Kier molecular flexibility index (Phi) is 4.80. The number of nitrogens with one attached hydrogen (secondary N) is 1. The molecule has 1 amide bonds. The maximum Gasteiger partial charge on any atom is 0.313 e. The van der Waals surface area contributed by atoms with Gasteiger partial charge in [0.1, 0.15) is 0 Å². The van der Waals surface area contributed by atoms with Crippen LogP contribution in [0.4, 0.5) is 11.4 Å². The fourth-order valence-electron chi connectivity index (χ4n) is 2.56. The molecule has 128 valence electrons. The molecule has 0 spiro atoms. The van der Waals surface area contributed by atoms with Crippen LogP contribution in [0.1, 0.15) is 36.3 Å². The summed E-state index contributed by atoms with van der Waals surface area (Å²) in [4.78, 5) is 16.8. The van der Waals surface area contributed by atoms with Gasteiger partial charge in [0, 0.05) is 43.5 Å². The van der Waals surface area contributed by atoms with Crippen LogP contribution in [-0.2, 0) is 0 Å². The molecule has 7 nitrogen and oxygen atoms in total. The van der Waals surface area contributed by atoms with Crippen molar-refractivity contribution in [3.05, 3.63) is 36.0 Å². The number of aromatic nitrogens is 2. The Hall–Kier alpha value is -2.41. The molecule has 1 fully saturated rings. The largest absolute Gasteiger partial charge is 0.417 e. The lowest BCUT2D eigenvalue weighted by Crippen LogP contribution is -2.44. The van der Waals surface area contributed by atoms with E-state index in [2.05, 4.69) is 32.4 Å². The van der Waals surface area contributed by atoms with Gasteiger partial charge < -0.3 is 19.5 Å². The molecule has 1 aliphatic heterocycles. The zero-order valence-corrected chi connectivity index (χ0v) is 14.3. The Morgan fingerprint density at radius 1 is 1.12 bits per heavy atom. The number of anilines is 2. The van der Waals surface area contributed by atoms with E-state index in [-0.39, 0.29) is 17.7 Å². The molecular weight excluding hydrogens is 306 g/mol. The zero-order chi connectivity index (χ0) is 17.1. The summed E-state index contributed by atoms with van der Waals surface area (Å²) >= 11 is 0. The minimum absolute atomic E-state index is 0.0122. The molecule has 2 heterocycles. The number of rotatable bonds is 4. The average Bonchev–Trinajstić information content (AvgIpc) is 3.07. The van der Waals surface area contributed by atoms with Crippen LogP contribution in [0.5, 0.6) is 0 Å². The van der Waals surface area contributed by atoms with Gasteiger partial charge >= 0.3 is 11.8 Å². The van der Waals surface area contributed by atoms with E-state index >= 15 is 0 Å². The lowest BCUT2D eigenvalue weighted by molar-refractivity contribution is 0.0988. The standard InChI is InChI=1S/C17H23N5O2/c1-12(2)16-19-20-17(24-16)15(23)18-13-4-6-14(7-5-13)22-10-8-21(3)9-11-22/h4-7,12H,8-11H2,1-3H3,(H,18,23). The van der Waals surface area contributed by atoms with Gasteiger partial charge in [-0.2, -0.15) is 0 Å². The summed E-state index contributed by atoms with van der Waals surface area (Å²) in [7, 11) is 2.14. The van der Waals surface area contributed by atoms with Crippen LogP contribution >= 0.6 is 0 Å². The van der Waals surface area contributed by atoms with Crippen molar-refractivity contribution in [1.29, 1.82) is 0 Å². The number of carbonyl (C=O) groups excluding carboxylic acids is 1. The highest BCUT2D eigenvalue weighted by molar-refractivity contribution is 6.00. The van der Waals surface area contributed by atoms with Gasteiger partial charge in [-0.15, -0.1) is 10.2 Å². The minimum Gasteiger partial charge on any atom is -0.417 e. The summed E-state index contributed by atoms with van der Waals surface area (Å²) in [5.41, 5.74) is 1.88. The Morgan fingerprint density at radius 3 is 2.38 bits per heavy atom. The first-order valence-electron chi connectivity index (χ1n) is 8.21. The van der Waals surface area contributed by atoms with Gasteiger partial charge in [-0.25, -0.2) is 0 Å². The minimum atomic E-state index is -0.387. The maximum absolute atomic E-state index is 12.1. The molecule has 24 heavy (non-hydrogen) atoms. The molecule has 1 aromatic carbocycles. The second kappa shape index (κ2) is 7.00. The summed E-state index contributed by atoms with van der Waals surface area (Å²) in [5, 5.41) is 10.4. The highest BCUT2D eigenvalue weighted by Gasteiger charge is 2.17. The van der Waals surface area contributed by atoms with E-state index in [1.807, 2.05) is 38.1 Å². The fraction of sp³-hybridized carbons (Fsp3) is 0.471.